The lowest BCUT2D eigenvalue weighted by molar-refractivity contribution is 0.0653. The molecule has 0 aliphatic carbocycles. The van der Waals surface area contributed by atoms with Crippen molar-refractivity contribution in [1.29, 1.82) is 0 Å². The lowest BCUT2D eigenvalue weighted by Crippen LogP contribution is -2.11. The Balaban J connectivity index is 2.18. The summed E-state index contributed by atoms with van der Waals surface area (Å²) in [7, 11) is 0. The van der Waals surface area contributed by atoms with Gasteiger partial charge in [-0.15, -0.1) is 0 Å². The van der Waals surface area contributed by atoms with E-state index in [4.69, 9.17) is 0 Å². The zero-order valence-corrected chi connectivity index (χ0v) is 13.5. The lowest BCUT2D eigenvalue weighted by Gasteiger charge is -2.10. The smallest absolute Gasteiger partial charge is 0.337 e. The highest BCUT2D eigenvalue weighted by Crippen LogP contribution is 2.27. The first-order valence-corrected chi connectivity index (χ1v) is 7.79. The van der Waals surface area contributed by atoms with Crippen molar-refractivity contribution in [3.63, 3.8) is 0 Å². The Morgan fingerprint density at radius 1 is 0.731 bits per heavy atom. The molecule has 0 aromatic heterocycles. The Morgan fingerprint density at radius 2 is 1.35 bits per heavy atom. The molecule has 3 aromatic rings. The molecule has 0 unspecified atom stereocenters. The number of carboxylic acids is 2. The number of carbonyl (C=O) groups excluding carboxylic acids is 1. The molecule has 0 spiro atoms. The molecule has 0 fully saturated rings. The Morgan fingerprint density at radius 3 is 1.96 bits per heavy atom. The number of carboxylic acid groups (broad SMARTS) is 2. The minimum atomic E-state index is -1.39. The van der Waals surface area contributed by atoms with Gasteiger partial charge < -0.3 is 10.2 Å². The second kappa shape index (κ2) is 7.03. The summed E-state index contributed by atoms with van der Waals surface area (Å²) < 4.78 is 0. The maximum absolute atomic E-state index is 12.7. The minimum Gasteiger partial charge on any atom is -0.478 e. The Bertz CT molecular complexity index is 1050. The predicted molar refractivity (Wildman–Crippen MR) is 97.7 cm³/mol. The molecule has 0 amide bonds. The van der Waals surface area contributed by atoms with Gasteiger partial charge in [-0.25, -0.2) is 9.59 Å². The maximum atomic E-state index is 12.7. The van der Waals surface area contributed by atoms with E-state index in [0.29, 0.717) is 5.39 Å². The van der Waals surface area contributed by atoms with E-state index in [0.717, 1.165) is 11.6 Å². The summed E-state index contributed by atoms with van der Waals surface area (Å²) in [6, 6.07) is 16.7. The van der Waals surface area contributed by atoms with Crippen LogP contribution in [0.2, 0.25) is 0 Å². The summed E-state index contributed by atoms with van der Waals surface area (Å²) in [4.78, 5) is 35.8. The third-order valence-corrected chi connectivity index (χ3v) is 3.98. The van der Waals surface area contributed by atoms with Crippen LogP contribution >= 0.6 is 0 Å². The highest BCUT2D eigenvalue weighted by Gasteiger charge is 2.23. The van der Waals surface area contributed by atoms with Crippen molar-refractivity contribution in [2.75, 3.05) is 0 Å². The third kappa shape index (κ3) is 3.23. The fraction of sp³-hybridized carbons (Fsp3) is 0. The molecule has 5 nitrogen and oxygen atoms in total. The SMILES string of the molecule is O=C(O)c1cc(C(=O)C=Cc2ccccc2)c2ccccc2c1C(=O)O. The number of carbonyl (C=O) groups is 3. The molecule has 0 aliphatic heterocycles. The van der Waals surface area contributed by atoms with Crippen molar-refractivity contribution < 1.29 is 24.6 Å². The number of rotatable bonds is 5. The first-order valence-electron chi connectivity index (χ1n) is 7.79. The Hall–Kier alpha value is -3.73. The third-order valence-electron chi connectivity index (χ3n) is 3.98. The Kier molecular flexibility index (Phi) is 4.62. The standard InChI is InChI=1S/C21H14O5/c22-18(11-10-13-6-2-1-3-7-13)16-12-17(20(23)24)19(21(25)26)15-9-5-4-8-14(15)16/h1-12H,(H,23,24)(H,25,26). The van der Waals surface area contributed by atoms with Gasteiger partial charge in [-0.2, -0.15) is 0 Å². The van der Waals surface area contributed by atoms with Crippen LogP contribution in [0.25, 0.3) is 16.8 Å². The average Bonchev–Trinajstić information content (AvgIpc) is 2.65. The summed E-state index contributed by atoms with van der Waals surface area (Å²) in [5.41, 5.74) is 0.241. The summed E-state index contributed by atoms with van der Waals surface area (Å²) >= 11 is 0. The number of aromatic carboxylic acids is 2. The van der Waals surface area contributed by atoms with Gasteiger partial charge in [0, 0.05) is 5.56 Å². The zero-order valence-electron chi connectivity index (χ0n) is 13.5. The van der Waals surface area contributed by atoms with Crippen LogP contribution in [0.15, 0.2) is 66.7 Å². The normalized spacial score (nSPS) is 10.9. The van der Waals surface area contributed by atoms with Crippen molar-refractivity contribution in [3.05, 3.63) is 89.0 Å². The van der Waals surface area contributed by atoms with Crippen LogP contribution in [0.1, 0.15) is 36.6 Å². The molecule has 0 saturated heterocycles. The number of benzene rings is 3. The van der Waals surface area contributed by atoms with Gasteiger partial charge in [0.1, 0.15) is 0 Å². The highest BCUT2D eigenvalue weighted by atomic mass is 16.4. The van der Waals surface area contributed by atoms with Crippen LogP contribution in [0, 0.1) is 0 Å². The number of allylic oxidation sites excluding steroid dienone is 1. The number of hydrogen-bond donors (Lipinski definition) is 2. The first kappa shape index (κ1) is 17.1. The molecule has 0 heterocycles. The Labute approximate surface area is 148 Å². The van der Waals surface area contributed by atoms with E-state index >= 15 is 0 Å². The van der Waals surface area contributed by atoms with Gasteiger partial charge in [-0.05, 0) is 28.5 Å². The molecule has 0 bridgehead atoms. The van der Waals surface area contributed by atoms with Gasteiger partial charge in [0.2, 0.25) is 0 Å². The van der Waals surface area contributed by atoms with Crippen LogP contribution in [-0.4, -0.2) is 27.9 Å². The highest BCUT2D eigenvalue weighted by molar-refractivity contribution is 6.21. The van der Waals surface area contributed by atoms with Crippen molar-refractivity contribution in [3.8, 4) is 0 Å². The van der Waals surface area contributed by atoms with Gasteiger partial charge in [0.05, 0.1) is 11.1 Å². The first-order chi connectivity index (χ1) is 12.5. The van der Waals surface area contributed by atoms with E-state index in [2.05, 4.69) is 0 Å². The molecular formula is C21H14O5. The summed E-state index contributed by atoms with van der Waals surface area (Å²) in [6.07, 6.45) is 2.98. The van der Waals surface area contributed by atoms with Gasteiger partial charge >= 0.3 is 11.9 Å². The van der Waals surface area contributed by atoms with E-state index in [1.165, 1.54) is 12.1 Å². The summed E-state index contributed by atoms with van der Waals surface area (Å²) in [5.74, 6) is -3.14. The van der Waals surface area contributed by atoms with Crippen LogP contribution in [0.5, 0.6) is 0 Å². The largest absolute Gasteiger partial charge is 0.478 e. The fourth-order valence-corrected chi connectivity index (χ4v) is 2.80. The van der Waals surface area contributed by atoms with Crippen LogP contribution < -0.4 is 0 Å². The van der Waals surface area contributed by atoms with E-state index in [1.54, 1.807) is 24.3 Å². The summed E-state index contributed by atoms with van der Waals surface area (Å²) in [6.45, 7) is 0. The second-order valence-electron chi connectivity index (χ2n) is 5.61. The van der Waals surface area contributed by atoms with Crippen LogP contribution in [0.3, 0.4) is 0 Å². The van der Waals surface area contributed by atoms with Gasteiger partial charge in [-0.1, -0.05) is 60.7 Å². The molecule has 0 atom stereocenters. The van der Waals surface area contributed by atoms with Crippen LogP contribution in [-0.2, 0) is 0 Å². The predicted octanol–water partition coefficient (Wildman–Crippen LogP) is 4.13. The van der Waals surface area contributed by atoms with E-state index < -0.39 is 23.3 Å². The summed E-state index contributed by atoms with van der Waals surface area (Å²) in [5, 5.41) is 19.4. The molecule has 26 heavy (non-hydrogen) atoms. The van der Waals surface area contributed by atoms with Crippen molar-refractivity contribution >= 4 is 34.6 Å². The maximum Gasteiger partial charge on any atom is 0.337 e. The minimum absolute atomic E-state index is 0.148. The van der Waals surface area contributed by atoms with E-state index in [-0.39, 0.29) is 16.5 Å². The molecule has 2 N–H and O–H groups in total. The fourth-order valence-electron chi connectivity index (χ4n) is 2.80. The molecule has 5 heteroatoms. The van der Waals surface area contributed by atoms with Crippen molar-refractivity contribution in [2.24, 2.45) is 0 Å². The van der Waals surface area contributed by atoms with Crippen molar-refractivity contribution in [1.82, 2.24) is 0 Å². The topological polar surface area (TPSA) is 91.7 Å². The zero-order chi connectivity index (χ0) is 18.7. The van der Waals surface area contributed by atoms with Crippen molar-refractivity contribution in [2.45, 2.75) is 0 Å². The molecule has 3 rings (SSSR count). The van der Waals surface area contributed by atoms with E-state index in [1.807, 2.05) is 30.3 Å². The molecule has 128 valence electrons. The van der Waals surface area contributed by atoms with Gasteiger partial charge in [0.25, 0.3) is 0 Å². The quantitative estimate of drug-likeness (QED) is 0.535. The van der Waals surface area contributed by atoms with E-state index in [9.17, 15) is 24.6 Å². The van der Waals surface area contributed by atoms with Gasteiger partial charge in [0.15, 0.2) is 5.78 Å². The average molecular weight is 346 g/mol. The molecule has 0 saturated carbocycles. The van der Waals surface area contributed by atoms with Crippen LogP contribution in [0.4, 0.5) is 0 Å². The molecular weight excluding hydrogens is 332 g/mol. The lowest BCUT2D eigenvalue weighted by atomic mass is 9.92. The number of fused-ring (bicyclic) bond motifs is 1. The number of hydrogen-bond acceptors (Lipinski definition) is 3. The molecule has 0 radical (unpaired) electrons. The molecule has 3 aromatic carbocycles. The monoisotopic (exact) mass is 346 g/mol. The second-order valence-corrected chi connectivity index (χ2v) is 5.61. The van der Waals surface area contributed by atoms with Gasteiger partial charge in [-0.3, -0.25) is 4.79 Å². The number of ketones is 1. The molecule has 0 aliphatic rings.